The largest absolute Gasteiger partial charge is 0.497 e. The number of benzene rings is 2. The number of allylic oxidation sites excluding steroid dienone is 1. The zero-order valence-corrected chi connectivity index (χ0v) is 23.7. The van der Waals surface area contributed by atoms with Crippen LogP contribution in [0.5, 0.6) is 11.5 Å². The Balaban J connectivity index is 1.68. The third kappa shape index (κ3) is 6.63. The number of nitrogens with zero attached hydrogens (tertiary/aromatic N) is 3. The van der Waals surface area contributed by atoms with Crippen LogP contribution in [-0.2, 0) is 20.9 Å². The molecule has 2 aromatic rings. The summed E-state index contributed by atoms with van der Waals surface area (Å²) in [6, 6.07) is 14.4. The predicted molar refractivity (Wildman–Crippen MR) is 152 cm³/mol. The molecular formula is C29H34N4O5S. The van der Waals surface area contributed by atoms with Crippen molar-refractivity contribution in [2.24, 2.45) is 4.99 Å². The molecule has 0 aliphatic carbocycles. The van der Waals surface area contributed by atoms with Crippen LogP contribution in [0.1, 0.15) is 30.5 Å². The monoisotopic (exact) mass is 550 g/mol. The standard InChI is InChI=1S/C29H34N4O5S/c1-19-26(28(35)38-17-20-9-7-6-8-10-20)27(23-12-11-22(36-4)16-24(23)37-5)33-21(18-39-29(33)31-19)15-25(34)30-13-14-32(2)3/h6-12,16,18,27H,13-15,17H2,1-5H3,(H,30,34)/t27-/m0/s1. The van der Waals surface area contributed by atoms with E-state index in [2.05, 4.69) is 5.32 Å². The lowest BCUT2D eigenvalue weighted by Crippen LogP contribution is -2.38. The number of ether oxygens (including phenoxy) is 3. The molecule has 4 rings (SSSR count). The molecule has 0 fully saturated rings. The molecule has 2 aliphatic heterocycles. The molecule has 0 bridgehead atoms. The summed E-state index contributed by atoms with van der Waals surface area (Å²) in [5.41, 5.74) is 3.30. The lowest BCUT2D eigenvalue weighted by Gasteiger charge is -2.36. The smallest absolute Gasteiger partial charge is 0.338 e. The molecule has 0 unspecified atom stereocenters. The van der Waals surface area contributed by atoms with Crippen LogP contribution < -0.4 is 14.8 Å². The first-order valence-corrected chi connectivity index (χ1v) is 13.5. The first-order valence-electron chi connectivity index (χ1n) is 12.6. The fraction of sp³-hybridized carbons (Fsp3) is 0.345. The van der Waals surface area contributed by atoms with Crippen LogP contribution in [0.3, 0.4) is 0 Å². The number of aliphatic imine (C=N–C) groups is 1. The van der Waals surface area contributed by atoms with Crippen molar-refractivity contribution in [3.05, 3.63) is 82.0 Å². The van der Waals surface area contributed by atoms with E-state index >= 15 is 0 Å². The van der Waals surface area contributed by atoms with Crippen molar-refractivity contribution in [1.82, 2.24) is 15.1 Å². The van der Waals surface area contributed by atoms with Gasteiger partial charge in [-0.15, -0.1) is 0 Å². The number of esters is 1. The number of rotatable bonds is 11. The molecule has 39 heavy (non-hydrogen) atoms. The molecule has 0 radical (unpaired) electrons. The van der Waals surface area contributed by atoms with Gasteiger partial charge >= 0.3 is 5.97 Å². The number of fused-ring (bicyclic) bond motifs is 1. The van der Waals surface area contributed by atoms with Crippen molar-refractivity contribution in [3.63, 3.8) is 0 Å². The summed E-state index contributed by atoms with van der Waals surface area (Å²) in [6.45, 7) is 3.21. The maximum atomic E-state index is 13.7. The highest BCUT2D eigenvalue weighted by Crippen LogP contribution is 2.47. The minimum Gasteiger partial charge on any atom is -0.497 e. The molecule has 0 saturated carbocycles. The van der Waals surface area contributed by atoms with E-state index in [9.17, 15) is 9.59 Å². The van der Waals surface area contributed by atoms with E-state index < -0.39 is 12.0 Å². The van der Waals surface area contributed by atoms with Crippen molar-refractivity contribution in [1.29, 1.82) is 0 Å². The molecule has 10 heteroatoms. The Labute approximate surface area is 233 Å². The minimum atomic E-state index is -0.613. The van der Waals surface area contributed by atoms with E-state index in [0.717, 1.165) is 23.4 Å². The van der Waals surface area contributed by atoms with Crippen molar-refractivity contribution < 1.29 is 23.8 Å². The Morgan fingerprint density at radius 3 is 2.56 bits per heavy atom. The molecule has 0 aromatic heterocycles. The summed E-state index contributed by atoms with van der Waals surface area (Å²) in [4.78, 5) is 35.2. The van der Waals surface area contributed by atoms with Crippen LogP contribution in [0, 0.1) is 0 Å². The number of methoxy groups -OCH3 is 2. The lowest BCUT2D eigenvalue weighted by molar-refractivity contribution is -0.141. The van der Waals surface area contributed by atoms with Gasteiger partial charge in [0.1, 0.15) is 18.1 Å². The number of carbonyl (C=O) groups excluding carboxylic acids is 2. The van der Waals surface area contributed by atoms with Gasteiger partial charge in [-0.3, -0.25) is 4.79 Å². The van der Waals surface area contributed by atoms with Crippen LogP contribution in [-0.4, -0.2) is 68.2 Å². The molecule has 1 N–H and O–H groups in total. The van der Waals surface area contributed by atoms with E-state index in [1.54, 1.807) is 27.2 Å². The summed E-state index contributed by atoms with van der Waals surface area (Å²) in [7, 11) is 7.08. The minimum absolute atomic E-state index is 0.107. The molecular weight excluding hydrogens is 516 g/mol. The first-order chi connectivity index (χ1) is 18.8. The van der Waals surface area contributed by atoms with Gasteiger partial charge in [-0.25, -0.2) is 9.79 Å². The van der Waals surface area contributed by atoms with Gasteiger partial charge in [-0.1, -0.05) is 42.1 Å². The Morgan fingerprint density at radius 1 is 1.10 bits per heavy atom. The van der Waals surface area contributed by atoms with Crippen LogP contribution >= 0.6 is 11.8 Å². The summed E-state index contributed by atoms with van der Waals surface area (Å²) >= 11 is 1.43. The summed E-state index contributed by atoms with van der Waals surface area (Å²) in [6.07, 6.45) is 0.139. The second-order valence-corrected chi connectivity index (χ2v) is 10.2. The highest BCUT2D eigenvalue weighted by Gasteiger charge is 2.42. The van der Waals surface area contributed by atoms with E-state index in [1.165, 1.54) is 11.8 Å². The van der Waals surface area contributed by atoms with Crippen LogP contribution in [0.25, 0.3) is 0 Å². The van der Waals surface area contributed by atoms with Crippen molar-refractivity contribution >= 4 is 28.8 Å². The molecule has 1 amide bonds. The fourth-order valence-corrected chi connectivity index (χ4v) is 5.38. The zero-order chi connectivity index (χ0) is 27.9. The first kappa shape index (κ1) is 28.3. The lowest BCUT2D eigenvalue weighted by atomic mass is 9.93. The Bertz CT molecular complexity index is 1310. The number of thioether (sulfide) groups is 1. The molecule has 2 heterocycles. The molecule has 0 saturated heterocycles. The number of carbonyl (C=O) groups is 2. The number of amides is 1. The number of amidine groups is 1. The van der Waals surface area contributed by atoms with Gasteiger partial charge in [0, 0.05) is 30.4 Å². The predicted octanol–water partition coefficient (Wildman–Crippen LogP) is 4.09. The molecule has 9 nitrogen and oxygen atoms in total. The summed E-state index contributed by atoms with van der Waals surface area (Å²) in [5, 5.41) is 5.57. The van der Waals surface area contributed by atoms with Crippen LogP contribution in [0.15, 0.2) is 75.9 Å². The molecule has 206 valence electrons. The molecule has 2 aromatic carbocycles. The van der Waals surface area contributed by atoms with E-state index in [0.29, 0.717) is 34.5 Å². The summed E-state index contributed by atoms with van der Waals surface area (Å²) in [5.74, 6) is 0.591. The number of nitrogens with one attached hydrogen (secondary N) is 1. The number of hydrogen-bond donors (Lipinski definition) is 1. The number of hydrogen-bond acceptors (Lipinski definition) is 9. The fourth-order valence-electron chi connectivity index (χ4n) is 4.42. The normalized spacial score (nSPS) is 16.5. The molecule has 0 spiro atoms. The van der Waals surface area contributed by atoms with Crippen molar-refractivity contribution in [2.75, 3.05) is 41.4 Å². The van der Waals surface area contributed by atoms with Gasteiger partial charge in [-0.05, 0) is 44.1 Å². The van der Waals surface area contributed by atoms with Gasteiger partial charge < -0.3 is 29.3 Å². The molecule has 2 aliphatic rings. The van der Waals surface area contributed by atoms with Gasteiger partial charge in [0.25, 0.3) is 0 Å². The van der Waals surface area contributed by atoms with Gasteiger partial charge in [0.15, 0.2) is 5.17 Å². The second kappa shape index (κ2) is 12.9. The highest BCUT2D eigenvalue weighted by molar-refractivity contribution is 8.16. The van der Waals surface area contributed by atoms with Crippen LogP contribution in [0.4, 0.5) is 0 Å². The molecule has 1 atom stereocenters. The van der Waals surface area contributed by atoms with Gasteiger partial charge in [-0.2, -0.15) is 0 Å². The quantitative estimate of drug-likeness (QED) is 0.419. The van der Waals surface area contributed by atoms with E-state index in [1.807, 2.05) is 71.8 Å². The van der Waals surface area contributed by atoms with Gasteiger partial charge in [0.2, 0.25) is 5.91 Å². The number of likely N-dealkylation sites (N-methyl/N-ethyl adjacent to an activating group) is 1. The van der Waals surface area contributed by atoms with E-state index in [4.69, 9.17) is 19.2 Å². The Kier molecular flexibility index (Phi) is 9.32. The summed E-state index contributed by atoms with van der Waals surface area (Å²) < 4.78 is 16.9. The topological polar surface area (TPSA) is 92.7 Å². The van der Waals surface area contributed by atoms with Crippen molar-refractivity contribution in [3.8, 4) is 11.5 Å². The third-order valence-corrected chi connectivity index (χ3v) is 7.28. The average Bonchev–Trinajstić information content (AvgIpc) is 3.32. The second-order valence-electron chi connectivity index (χ2n) is 9.39. The van der Waals surface area contributed by atoms with Crippen LogP contribution in [0.2, 0.25) is 0 Å². The van der Waals surface area contributed by atoms with Crippen molar-refractivity contribution in [2.45, 2.75) is 26.0 Å². The average molecular weight is 551 g/mol. The maximum Gasteiger partial charge on any atom is 0.338 e. The highest BCUT2D eigenvalue weighted by atomic mass is 32.2. The SMILES string of the molecule is COc1ccc([C@H]2C(C(=O)OCc3ccccc3)=C(C)N=C3SC=C(CC(=O)NCCN(C)C)N32)c(OC)c1. The Morgan fingerprint density at radius 2 is 1.87 bits per heavy atom. The van der Waals surface area contributed by atoms with E-state index in [-0.39, 0.29) is 18.9 Å². The maximum absolute atomic E-state index is 13.7. The third-order valence-electron chi connectivity index (χ3n) is 6.39. The zero-order valence-electron chi connectivity index (χ0n) is 22.9. The van der Waals surface area contributed by atoms with Gasteiger partial charge in [0.05, 0.1) is 38.0 Å². The Hall–Kier alpha value is -3.76.